The Morgan fingerprint density at radius 3 is 2.53 bits per heavy atom. The molecule has 0 amide bonds. The zero-order valence-corrected chi connectivity index (χ0v) is 13.0. The van der Waals surface area contributed by atoms with Gasteiger partial charge in [0.2, 0.25) is 0 Å². The number of benzene rings is 1. The van der Waals surface area contributed by atoms with Gasteiger partial charge in [-0.15, -0.1) is 0 Å². The Labute approximate surface area is 122 Å². The predicted octanol–water partition coefficient (Wildman–Crippen LogP) is 3.93. The van der Waals surface area contributed by atoms with Gasteiger partial charge in [-0.1, -0.05) is 0 Å². The average molecular weight is 327 g/mol. The molecule has 0 aromatic heterocycles. The zero-order valence-electron chi connectivity index (χ0n) is 11.4. The molecule has 2 aliphatic rings. The maximum Gasteiger partial charge on any atom is 0.139 e. The van der Waals surface area contributed by atoms with Gasteiger partial charge in [0.25, 0.3) is 0 Å². The van der Waals surface area contributed by atoms with Gasteiger partial charge in [-0.05, 0) is 73.3 Å². The summed E-state index contributed by atoms with van der Waals surface area (Å²) in [5, 5.41) is 3.55. The van der Waals surface area contributed by atoms with Crippen molar-refractivity contribution in [2.45, 2.75) is 50.7 Å². The summed E-state index contributed by atoms with van der Waals surface area (Å²) >= 11 is 3.23. The first kappa shape index (κ1) is 13.4. The van der Waals surface area contributed by atoms with Crippen molar-refractivity contribution in [3.05, 3.63) is 28.0 Å². The van der Waals surface area contributed by atoms with Crippen LogP contribution in [0.4, 0.5) is 10.1 Å². The smallest absolute Gasteiger partial charge is 0.139 e. The van der Waals surface area contributed by atoms with Gasteiger partial charge in [0, 0.05) is 23.8 Å². The Balaban J connectivity index is 1.74. The second-order valence-corrected chi connectivity index (χ2v) is 6.80. The molecule has 2 saturated heterocycles. The van der Waals surface area contributed by atoms with Gasteiger partial charge in [0.05, 0.1) is 4.47 Å². The minimum atomic E-state index is -0.191. The lowest BCUT2D eigenvalue weighted by Crippen LogP contribution is -2.44. The second-order valence-electron chi connectivity index (χ2n) is 5.94. The second kappa shape index (κ2) is 5.06. The van der Waals surface area contributed by atoms with E-state index in [-0.39, 0.29) is 5.82 Å². The Morgan fingerprint density at radius 1 is 1.26 bits per heavy atom. The third-order valence-corrected chi connectivity index (χ3v) is 5.33. The van der Waals surface area contributed by atoms with Gasteiger partial charge in [0.15, 0.2) is 0 Å². The molecule has 2 nitrogen and oxygen atoms in total. The molecule has 0 radical (unpaired) electrons. The van der Waals surface area contributed by atoms with Gasteiger partial charge in [-0.3, -0.25) is 0 Å². The van der Waals surface area contributed by atoms with E-state index >= 15 is 0 Å². The Kier molecular flexibility index (Phi) is 3.56. The van der Waals surface area contributed by atoms with Crippen molar-refractivity contribution in [3.63, 3.8) is 0 Å². The number of rotatable bonds is 2. The minimum absolute atomic E-state index is 0.191. The lowest BCUT2D eigenvalue weighted by molar-refractivity contribution is 0.169. The normalized spacial score (nSPS) is 30.6. The molecule has 1 aromatic rings. The van der Waals surface area contributed by atoms with Crippen LogP contribution < -0.4 is 5.32 Å². The zero-order chi connectivity index (χ0) is 13.6. The Morgan fingerprint density at radius 2 is 1.89 bits per heavy atom. The van der Waals surface area contributed by atoms with Crippen molar-refractivity contribution in [1.29, 1.82) is 0 Å². The van der Waals surface area contributed by atoms with Crippen molar-refractivity contribution >= 4 is 21.6 Å². The highest BCUT2D eigenvalue weighted by molar-refractivity contribution is 9.10. The van der Waals surface area contributed by atoms with E-state index in [1.807, 2.05) is 13.0 Å². The number of nitrogens with one attached hydrogen (secondary N) is 1. The van der Waals surface area contributed by atoms with Crippen molar-refractivity contribution in [2.24, 2.45) is 0 Å². The van der Waals surface area contributed by atoms with Crippen LogP contribution in [0.2, 0.25) is 0 Å². The molecule has 3 rings (SSSR count). The molecule has 1 N–H and O–H groups in total. The molecule has 1 aromatic carbocycles. The lowest BCUT2D eigenvalue weighted by atomic mass is 9.97. The fourth-order valence-corrected chi connectivity index (χ4v) is 4.01. The van der Waals surface area contributed by atoms with Crippen LogP contribution in [0.3, 0.4) is 0 Å². The standard InChI is InChI=1S/C15H20BrFN2/c1-9-5-13(16)14(17)8-15(9)18-10-6-11-3-4-12(7-10)19(11)2/h5,8,10-12,18H,3-4,6-7H2,1-2H3. The van der Waals surface area contributed by atoms with Gasteiger partial charge in [-0.2, -0.15) is 0 Å². The fourth-order valence-electron chi connectivity index (χ4n) is 3.55. The summed E-state index contributed by atoms with van der Waals surface area (Å²) in [6.07, 6.45) is 4.97. The highest BCUT2D eigenvalue weighted by Gasteiger charge is 2.38. The third kappa shape index (κ3) is 2.52. The van der Waals surface area contributed by atoms with Crippen molar-refractivity contribution < 1.29 is 4.39 Å². The van der Waals surface area contributed by atoms with E-state index in [2.05, 4.69) is 33.2 Å². The summed E-state index contributed by atoms with van der Waals surface area (Å²) in [5.41, 5.74) is 2.04. The topological polar surface area (TPSA) is 15.3 Å². The third-order valence-electron chi connectivity index (χ3n) is 4.73. The molecular formula is C15H20BrFN2. The minimum Gasteiger partial charge on any atom is -0.382 e. The summed E-state index contributed by atoms with van der Waals surface area (Å²) in [4.78, 5) is 2.52. The highest BCUT2D eigenvalue weighted by atomic mass is 79.9. The average Bonchev–Trinajstić information content (AvgIpc) is 2.60. The number of fused-ring (bicyclic) bond motifs is 2. The highest BCUT2D eigenvalue weighted by Crippen LogP contribution is 2.36. The van der Waals surface area contributed by atoms with Crippen LogP contribution in [0.15, 0.2) is 16.6 Å². The molecule has 2 aliphatic heterocycles. The van der Waals surface area contributed by atoms with E-state index in [0.29, 0.717) is 22.6 Å². The van der Waals surface area contributed by atoms with Crippen LogP contribution in [0.5, 0.6) is 0 Å². The molecule has 2 atom stereocenters. The first-order valence-corrected chi connectivity index (χ1v) is 7.78. The molecule has 4 heteroatoms. The van der Waals surface area contributed by atoms with Crippen LogP contribution in [0, 0.1) is 12.7 Å². The molecule has 2 unspecified atom stereocenters. The molecule has 2 fully saturated rings. The summed E-state index contributed by atoms with van der Waals surface area (Å²) in [6, 6.07) is 5.35. The number of aryl methyl sites for hydroxylation is 1. The maximum absolute atomic E-state index is 13.6. The first-order valence-electron chi connectivity index (χ1n) is 6.98. The van der Waals surface area contributed by atoms with Gasteiger partial charge < -0.3 is 10.2 Å². The van der Waals surface area contributed by atoms with Crippen LogP contribution in [0.1, 0.15) is 31.2 Å². The molecule has 0 aliphatic carbocycles. The number of halogens is 2. The van der Waals surface area contributed by atoms with Crippen LogP contribution in [-0.2, 0) is 0 Å². The van der Waals surface area contributed by atoms with E-state index < -0.39 is 0 Å². The molecule has 0 spiro atoms. The molecule has 2 bridgehead atoms. The van der Waals surface area contributed by atoms with Crippen LogP contribution in [-0.4, -0.2) is 30.1 Å². The summed E-state index contributed by atoms with van der Waals surface area (Å²) in [7, 11) is 2.24. The van der Waals surface area contributed by atoms with E-state index in [4.69, 9.17) is 0 Å². The largest absolute Gasteiger partial charge is 0.382 e. The van der Waals surface area contributed by atoms with E-state index in [0.717, 1.165) is 11.3 Å². The number of nitrogens with zero attached hydrogens (tertiary/aromatic N) is 1. The number of hydrogen-bond acceptors (Lipinski definition) is 2. The lowest BCUT2D eigenvalue weighted by Gasteiger charge is -2.37. The van der Waals surface area contributed by atoms with E-state index in [9.17, 15) is 4.39 Å². The SMILES string of the molecule is Cc1cc(Br)c(F)cc1NC1CC2CCC(C1)N2C. The van der Waals surface area contributed by atoms with Crippen LogP contribution >= 0.6 is 15.9 Å². The molecule has 104 valence electrons. The maximum atomic E-state index is 13.6. The number of anilines is 1. The first-order chi connectivity index (χ1) is 9.04. The van der Waals surface area contributed by atoms with E-state index in [1.54, 1.807) is 6.07 Å². The van der Waals surface area contributed by atoms with Gasteiger partial charge in [-0.25, -0.2) is 4.39 Å². The molecule has 0 saturated carbocycles. The molecule has 19 heavy (non-hydrogen) atoms. The van der Waals surface area contributed by atoms with Gasteiger partial charge in [0.1, 0.15) is 5.82 Å². The van der Waals surface area contributed by atoms with Gasteiger partial charge >= 0.3 is 0 Å². The van der Waals surface area contributed by atoms with Crippen molar-refractivity contribution in [2.75, 3.05) is 12.4 Å². The fraction of sp³-hybridized carbons (Fsp3) is 0.600. The Hall–Kier alpha value is -0.610. The van der Waals surface area contributed by atoms with Crippen molar-refractivity contribution in [3.8, 4) is 0 Å². The number of piperidine rings is 1. The predicted molar refractivity (Wildman–Crippen MR) is 80.1 cm³/mol. The summed E-state index contributed by atoms with van der Waals surface area (Å²) in [5.74, 6) is -0.191. The van der Waals surface area contributed by atoms with E-state index in [1.165, 1.54) is 25.7 Å². The monoisotopic (exact) mass is 326 g/mol. The Bertz CT molecular complexity index is 477. The van der Waals surface area contributed by atoms with Crippen LogP contribution in [0.25, 0.3) is 0 Å². The summed E-state index contributed by atoms with van der Waals surface area (Å²) < 4.78 is 14.2. The quantitative estimate of drug-likeness (QED) is 0.885. The molecular weight excluding hydrogens is 307 g/mol. The van der Waals surface area contributed by atoms with Crippen molar-refractivity contribution in [1.82, 2.24) is 4.90 Å². The molecule has 2 heterocycles. The summed E-state index contributed by atoms with van der Waals surface area (Å²) in [6.45, 7) is 2.02. The number of hydrogen-bond donors (Lipinski definition) is 1.